The Hall–Kier alpha value is -2.69. The molecule has 0 saturated heterocycles. The van der Waals surface area contributed by atoms with Crippen molar-refractivity contribution in [2.45, 2.75) is 6.54 Å². The van der Waals surface area contributed by atoms with Crippen LogP contribution in [0.3, 0.4) is 0 Å². The van der Waals surface area contributed by atoms with Crippen molar-refractivity contribution >= 4 is 11.6 Å². The van der Waals surface area contributed by atoms with Crippen LogP contribution in [0, 0.1) is 0 Å². The van der Waals surface area contributed by atoms with Gasteiger partial charge in [-0.15, -0.1) is 0 Å². The van der Waals surface area contributed by atoms with Gasteiger partial charge in [0.15, 0.2) is 11.5 Å². The highest BCUT2D eigenvalue weighted by Gasteiger charge is 2.18. The van der Waals surface area contributed by atoms with Crippen molar-refractivity contribution in [2.24, 2.45) is 0 Å². The second kappa shape index (κ2) is 5.36. The molecule has 0 radical (unpaired) electrons. The number of rotatable bonds is 3. The molecule has 0 atom stereocenters. The number of amides is 1. The Morgan fingerprint density at radius 1 is 1.19 bits per heavy atom. The topological polar surface area (TPSA) is 64.8 Å². The molecule has 1 amide bonds. The van der Waals surface area contributed by atoms with E-state index in [0.717, 1.165) is 5.56 Å². The smallest absolute Gasteiger partial charge is 0.254 e. The molecule has 2 aromatic rings. The SMILES string of the molecule is CN(Cc1ccccc1N)C(=O)c1ccc2c(c1)OCO2. The van der Waals surface area contributed by atoms with Gasteiger partial charge in [0, 0.05) is 24.8 Å². The summed E-state index contributed by atoms with van der Waals surface area (Å²) in [5.74, 6) is 1.19. The molecule has 2 aromatic carbocycles. The first kappa shape index (κ1) is 13.3. The summed E-state index contributed by atoms with van der Waals surface area (Å²) < 4.78 is 10.5. The molecule has 0 spiro atoms. The normalized spacial score (nSPS) is 12.2. The van der Waals surface area contributed by atoms with Gasteiger partial charge in [-0.3, -0.25) is 4.79 Å². The molecule has 3 rings (SSSR count). The zero-order valence-corrected chi connectivity index (χ0v) is 11.7. The molecule has 5 heteroatoms. The van der Waals surface area contributed by atoms with E-state index in [4.69, 9.17) is 15.2 Å². The van der Waals surface area contributed by atoms with Gasteiger partial charge in [-0.05, 0) is 29.8 Å². The highest BCUT2D eigenvalue weighted by molar-refractivity contribution is 5.94. The van der Waals surface area contributed by atoms with Crippen LogP contribution < -0.4 is 15.2 Å². The van der Waals surface area contributed by atoms with Crippen LogP contribution in [0.5, 0.6) is 11.5 Å². The van der Waals surface area contributed by atoms with Gasteiger partial charge in [0.2, 0.25) is 6.79 Å². The molecule has 1 heterocycles. The number of carbonyl (C=O) groups is 1. The summed E-state index contributed by atoms with van der Waals surface area (Å²) >= 11 is 0. The van der Waals surface area contributed by atoms with Crippen LogP contribution >= 0.6 is 0 Å². The maximum absolute atomic E-state index is 12.4. The number of ether oxygens (including phenoxy) is 2. The summed E-state index contributed by atoms with van der Waals surface area (Å²) in [6, 6.07) is 12.7. The van der Waals surface area contributed by atoms with E-state index in [2.05, 4.69) is 0 Å². The first-order chi connectivity index (χ1) is 10.1. The lowest BCUT2D eigenvalue weighted by Gasteiger charge is -2.18. The second-order valence-corrected chi connectivity index (χ2v) is 4.93. The zero-order chi connectivity index (χ0) is 14.8. The Labute approximate surface area is 122 Å². The van der Waals surface area contributed by atoms with Crippen molar-refractivity contribution < 1.29 is 14.3 Å². The molecule has 1 aliphatic heterocycles. The Morgan fingerprint density at radius 2 is 1.95 bits per heavy atom. The lowest BCUT2D eigenvalue weighted by Crippen LogP contribution is -2.26. The van der Waals surface area contributed by atoms with E-state index in [0.29, 0.717) is 29.3 Å². The molecule has 0 saturated carbocycles. The van der Waals surface area contributed by atoms with Crippen molar-refractivity contribution in [1.82, 2.24) is 4.90 Å². The number of anilines is 1. The van der Waals surface area contributed by atoms with Crippen LogP contribution in [0.15, 0.2) is 42.5 Å². The largest absolute Gasteiger partial charge is 0.454 e. The molecule has 5 nitrogen and oxygen atoms in total. The number of benzene rings is 2. The summed E-state index contributed by atoms with van der Waals surface area (Å²) in [6.45, 7) is 0.656. The molecule has 108 valence electrons. The maximum Gasteiger partial charge on any atom is 0.254 e. The molecule has 0 aromatic heterocycles. The molecule has 0 aliphatic carbocycles. The summed E-state index contributed by atoms with van der Waals surface area (Å²) in [5, 5.41) is 0. The molecular formula is C16H16N2O3. The number of nitrogens with zero attached hydrogens (tertiary/aromatic N) is 1. The summed E-state index contributed by atoms with van der Waals surface area (Å²) in [4.78, 5) is 14.1. The van der Waals surface area contributed by atoms with Crippen LogP contribution in [0.1, 0.15) is 15.9 Å². The third kappa shape index (κ3) is 2.63. The predicted octanol–water partition coefficient (Wildman–Crippen LogP) is 2.27. The Bertz CT molecular complexity index is 685. The lowest BCUT2D eigenvalue weighted by atomic mass is 10.1. The molecule has 2 N–H and O–H groups in total. The van der Waals surface area contributed by atoms with Crippen LogP contribution in [0.25, 0.3) is 0 Å². The zero-order valence-electron chi connectivity index (χ0n) is 11.7. The van der Waals surface area contributed by atoms with Gasteiger partial charge < -0.3 is 20.1 Å². The van der Waals surface area contributed by atoms with Crippen molar-refractivity contribution in [2.75, 3.05) is 19.6 Å². The van der Waals surface area contributed by atoms with Crippen molar-refractivity contribution in [3.05, 3.63) is 53.6 Å². The third-order valence-electron chi connectivity index (χ3n) is 3.43. The second-order valence-electron chi connectivity index (χ2n) is 4.93. The summed E-state index contributed by atoms with van der Waals surface area (Å²) in [5.41, 5.74) is 8.08. The number of para-hydroxylation sites is 1. The Morgan fingerprint density at radius 3 is 2.76 bits per heavy atom. The standard InChI is InChI=1S/C16H16N2O3/c1-18(9-12-4-2-3-5-13(12)17)16(19)11-6-7-14-15(8-11)21-10-20-14/h2-8H,9-10,17H2,1H3. The molecule has 0 fully saturated rings. The monoisotopic (exact) mass is 284 g/mol. The first-order valence-electron chi connectivity index (χ1n) is 6.63. The quantitative estimate of drug-likeness (QED) is 0.878. The summed E-state index contributed by atoms with van der Waals surface area (Å²) in [6.07, 6.45) is 0. The average molecular weight is 284 g/mol. The number of fused-ring (bicyclic) bond motifs is 1. The van der Waals surface area contributed by atoms with E-state index < -0.39 is 0 Å². The Kier molecular flexibility index (Phi) is 3.39. The minimum absolute atomic E-state index is 0.0865. The highest BCUT2D eigenvalue weighted by Crippen LogP contribution is 2.32. The van der Waals surface area contributed by atoms with Crippen LogP contribution in [-0.2, 0) is 6.54 Å². The van der Waals surface area contributed by atoms with E-state index in [1.165, 1.54) is 0 Å². The van der Waals surface area contributed by atoms with Gasteiger partial charge in [0.1, 0.15) is 0 Å². The fraction of sp³-hybridized carbons (Fsp3) is 0.188. The number of carbonyl (C=O) groups excluding carboxylic acids is 1. The lowest BCUT2D eigenvalue weighted by molar-refractivity contribution is 0.0785. The van der Waals surface area contributed by atoms with Crippen molar-refractivity contribution in [3.8, 4) is 11.5 Å². The van der Waals surface area contributed by atoms with E-state index >= 15 is 0 Å². The van der Waals surface area contributed by atoms with E-state index in [1.807, 2.05) is 24.3 Å². The predicted molar refractivity (Wildman–Crippen MR) is 79.2 cm³/mol. The van der Waals surface area contributed by atoms with Gasteiger partial charge in [0.05, 0.1) is 0 Å². The van der Waals surface area contributed by atoms with E-state index in [1.54, 1.807) is 30.1 Å². The third-order valence-corrected chi connectivity index (χ3v) is 3.43. The molecule has 21 heavy (non-hydrogen) atoms. The van der Waals surface area contributed by atoms with Crippen LogP contribution in [0.2, 0.25) is 0 Å². The van der Waals surface area contributed by atoms with Crippen LogP contribution in [0.4, 0.5) is 5.69 Å². The highest BCUT2D eigenvalue weighted by atomic mass is 16.7. The molecule has 0 bridgehead atoms. The molecular weight excluding hydrogens is 268 g/mol. The summed E-state index contributed by atoms with van der Waals surface area (Å²) in [7, 11) is 1.75. The fourth-order valence-corrected chi connectivity index (χ4v) is 2.26. The number of nitrogens with two attached hydrogens (primary N) is 1. The maximum atomic E-state index is 12.4. The van der Waals surface area contributed by atoms with Crippen molar-refractivity contribution in [1.29, 1.82) is 0 Å². The number of nitrogen functional groups attached to an aromatic ring is 1. The van der Waals surface area contributed by atoms with Crippen molar-refractivity contribution in [3.63, 3.8) is 0 Å². The van der Waals surface area contributed by atoms with Gasteiger partial charge in [0.25, 0.3) is 5.91 Å². The minimum atomic E-state index is -0.0865. The van der Waals surface area contributed by atoms with Gasteiger partial charge in [-0.1, -0.05) is 18.2 Å². The van der Waals surface area contributed by atoms with E-state index in [9.17, 15) is 4.79 Å². The molecule has 0 unspecified atom stereocenters. The van der Waals surface area contributed by atoms with Gasteiger partial charge in [-0.25, -0.2) is 0 Å². The number of hydrogen-bond acceptors (Lipinski definition) is 4. The van der Waals surface area contributed by atoms with Gasteiger partial charge >= 0.3 is 0 Å². The Balaban J connectivity index is 1.77. The average Bonchev–Trinajstić information content (AvgIpc) is 2.96. The van der Waals surface area contributed by atoms with E-state index in [-0.39, 0.29) is 12.7 Å². The first-order valence-corrected chi connectivity index (χ1v) is 6.63. The minimum Gasteiger partial charge on any atom is -0.454 e. The van der Waals surface area contributed by atoms with Gasteiger partial charge in [-0.2, -0.15) is 0 Å². The number of hydrogen-bond donors (Lipinski definition) is 1. The molecule has 1 aliphatic rings. The van der Waals surface area contributed by atoms with Crippen LogP contribution in [-0.4, -0.2) is 24.6 Å². The fourth-order valence-electron chi connectivity index (χ4n) is 2.26.